The number of carbonyl (C=O) groups is 1. The lowest BCUT2D eigenvalue weighted by Crippen LogP contribution is -2.39. The SMILES string of the molecule is CCCC(C)=O.Cn1nc(OC(C)(C)C(=N)c2ccc(C3CCCCC3)cc2)c2c1NC2. The van der Waals surface area contributed by atoms with Crippen molar-refractivity contribution < 1.29 is 9.53 Å². The predicted octanol–water partition coefficient (Wildman–Crippen LogP) is 5.99. The Morgan fingerprint density at radius 3 is 2.34 bits per heavy atom. The molecule has 0 unspecified atom stereocenters. The maximum absolute atomic E-state index is 10.0. The summed E-state index contributed by atoms with van der Waals surface area (Å²) >= 11 is 0. The number of rotatable bonds is 7. The maximum Gasteiger partial charge on any atom is 0.240 e. The van der Waals surface area contributed by atoms with Crippen molar-refractivity contribution in [1.82, 2.24) is 9.78 Å². The summed E-state index contributed by atoms with van der Waals surface area (Å²) in [5.74, 6) is 2.63. The first-order valence-corrected chi connectivity index (χ1v) is 11.9. The molecule has 1 aliphatic carbocycles. The number of carbonyl (C=O) groups excluding carboxylic acids is 1. The summed E-state index contributed by atoms with van der Waals surface area (Å²) in [7, 11) is 1.90. The second-order valence-electron chi connectivity index (χ2n) is 9.51. The van der Waals surface area contributed by atoms with Gasteiger partial charge < -0.3 is 20.3 Å². The quantitative estimate of drug-likeness (QED) is 0.520. The van der Waals surface area contributed by atoms with E-state index in [0.717, 1.165) is 36.3 Å². The van der Waals surface area contributed by atoms with Gasteiger partial charge in [-0.25, -0.2) is 4.68 Å². The fraction of sp³-hybridized carbons (Fsp3) is 0.577. The Balaban J connectivity index is 0.000000427. The van der Waals surface area contributed by atoms with Gasteiger partial charge in [0, 0.05) is 13.5 Å². The molecule has 1 aromatic heterocycles. The molecule has 2 heterocycles. The molecule has 0 amide bonds. The monoisotopic (exact) mass is 438 g/mol. The Labute approximate surface area is 192 Å². The van der Waals surface area contributed by atoms with Crippen LogP contribution < -0.4 is 10.1 Å². The molecule has 2 N–H and O–H groups in total. The normalized spacial score (nSPS) is 15.5. The smallest absolute Gasteiger partial charge is 0.240 e. The summed E-state index contributed by atoms with van der Waals surface area (Å²) in [5.41, 5.74) is 3.18. The molecule has 0 saturated heterocycles. The lowest BCUT2D eigenvalue weighted by molar-refractivity contribution is -0.117. The number of anilines is 1. The fourth-order valence-electron chi connectivity index (χ4n) is 4.42. The molecule has 32 heavy (non-hydrogen) atoms. The van der Waals surface area contributed by atoms with Gasteiger partial charge in [0.1, 0.15) is 17.2 Å². The minimum Gasteiger partial charge on any atom is -0.464 e. The Hall–Kier alpha value is -2.63. The second-order valence-corrected chi connectivity index (χ2v) is 9.51. The van der Waals surface area contributed by atoms with Crippen molar-refractivity contribution in [2.24, 2.45) is 7.05 Å². The highest BCUT2D eigenvalue weighted by molar-refractivity contribution is 6.04. The van der Waals surface area contributed by atoms with Crippen LogP contribution in [0.4, 0.5) is 5.82 Å². The number of nitrogens with zero attached hydrogens (tertiary/aromatic N) is 2. The highest BCUT2D eigenvalue weighted by Crippen LogP contribution is 2.36. The molecule has 2 aliphatic rings. The van der Waals surface area contributed by atoms with E-state index in [0.29, 0.717) is 17.5 Å². The van der Waals surface area contributed by atoms with Crippen LogP contribution in [0.25, 0.3) is 0 Å². The summed E-state index contributed by atoms with van der Waals surface area (Å²) in [6.07, 6.45) is 8.36. The van der Waals surface area contributed by atoms with Gasteiger partial charge in [0.15, 0.2) is 0 Å². The van der Waals surface area contributed by atoms with Crippen molar-refractivity contribution in [3.8, 4) is 5.88 Å². The molecule has 4 rings (SSSR count). The number of fused-ring (bicyclic) bond motifs is 1. The van der Waals surface area contributed by atoms with Crippen molar-refractivity contribution in [2.75, 3.05) is 5.32 Å². The van der Waals surface area contributed by atoms with E-state index in [1.807, 2.05) is 27.8 Å². The summed E-state index contributed by atoms with van der Waals surface area (Å²) < 4.78 is 7.95. The summed E-state index contributed by atoms with van der Waals surface area (Å²) in [6.45, 7) is 8.28. The molecule has 1 fully saturated rings. The van der Waals surface area contributed by atoms with Crippen LogP contribution in [0, 0.1) is 5.41 Å². The van der Waals surface area contributed by atoms with Gasteiger partial charge in [-0.1, -0.05) is 50.5 Å². The van der Waals surface area contributed by atoms with E-state index < -0.39 is 5.60 Å². The molecule has 174 valence electrons. The van der Waals surface area contributed by atoms with Crippen LogP contribution in [0.15, 0.2) is 24.3 Å². The zero-order valence-electron chi connectivity index (χ0n) is 20.3. The summed E-state index contributed by atoms with van der Waals surface area (Å²) in [6, 6.07) is 8.56. The predicted molar refractivity (Wildman–Crippen MR) is 130 cm³/mol. The average molecular weight is 439 g/mol. The lowest BCUT2D eigenvalue weighted by atomic mass is 9.83. The minimum absolute atomic E-state index is 0.289. The van der Waals surface area contributed by atoms with Crippen LogP contribution >= 0.6 is 0 Å². The number of ketones is 1. The van der Waals surface area contributed by atoms with Crippen LogP contribution in [0.3, 0.4) is 0 Å². The Bertz CT molecular complexity index is 937. The van der Waals surface area contributed by atoms with Gasteiger partial charge >= 0.3 is 0 Å². The highest BCUT2D eigenvalue weighted by Gasteiger charge is 2.33. The van der Waals surface area contributed by atoms with E-state index in [1.165, 1.54) is 37.7 Å². The molecule has 6 nitrogen and oxygen atoms in total. The van der Waals surface area contributed by atoms with Gasteiger partial charge in [-0.15, -0.1) is 5.10 Å². The standard InChI is InChI=1S/C21H28N4O.C5H10O/c1-21(2,26-20-17-13-23-19(17)25(3)24-20)18(22)16-11-9-15(10-12-16)14-7-5-4-6-8-14;1-3-4-5(2)6/h9-12,14,22-23H,4-8,13H2,1-3H3;3-4H2,1-2H3. The molecular formula is C26H38N4O2. The van der Waals surface area contributed by atoms with Crippen molar-refractivity contribution >= 4 is 17.3 Å². The third-order valence-electron chi connectivity index (χ3n) is 6.37. The number of benzene rings is 1. The summed E-state index contributed by atoms with van der Waals surface area (Å²) in [4.78, 5) is 10.0. The fourth-order valence-corrected chi connectivity index (χ4v) is 4.42. The molecule has 0 spiro atoms. The van der Waals surface area contributed by atoms with Gasteiger partial charge in [0.2, 0.25) is 5.88 Å². The van der Waals surface area contributed by atoms with Gasteiger partial charge in [-0.3, -0.25) is 0 Å². The zero-order valence-corrected chi connectivity index (χ0v) is 20.3. The lowest BCUT2D eigenvalue weighted by Gasteiger charge is -2.28. The first-order chi connectivity index (χ1) is 15.2. The molecule has 2 aromatic rings. The Morgan fingerprint density at radius 1 is 1.22 bits per heavy atom. The topological polar surface area (TPSA) is 80.0 Å². The van der Waals surface area contributed by atoms with Gasteiger partial charge in [-0.05, 0) is 57.1 Å². The molecule has 6 heteroatoms. The van der Waals surface area contributed by atoms with Crippen LogP contribution in [-0.4, -0.2) is 26.9 Å². The molecule has 1 aliphatic heterocycles. The Morgan fingerprint density at radius 2 is 1.88 bits per heavy atom. The van der Waals surface area contributed by atoms with Crippen molar-refractivity contribution in [3.05, 3.63) is 41.0 Å². The van der Waals surface area contributed by atoms with E-state index in [-0.39, 0.29) is 5.78 Å². The van der Waals surface area contributed by atoms with Crippen molar-refractivity contribution in [3.63, 3.8) is 0 Å². The van der Waals surface area contributed by atoms with Crippen molar-refractivity contribution in [2.45, 2.75) is 90.7 Å². The largest absolute Gasteiger partial charge is 0.464 e. The number of aryl methyl sites for hydroxylation is 1. The third kappa shape index (κ3) is 5.59. The first kappa shape index (κ1) is 24.0. The molecule has 0 radical (unpaired) electrons. The van der Waals surface area contributed by atoms with E-state index in [4.69, 9.17) is 10.1 Å². The van der Waals surface area contributed by atoms with Gasteiger partial charge in [0.25, 0.3) is 0 Å². The highest BCUT2D eigenvalue weighted by atomic mass is 16.5. The molecular weight excluding hydrogens is 400 g/mol. The molecule has 0 atom stereocenters. The van der Waals surface area contributed by atoms with Gasteiger partial charge in [0.05, 0.1) is 17.8 Å². The summed E-state index contributed by atoms with van der Waals surface area (Å²) in [5, 5.41) is 16.3. The van der Waals surface area contributed by atoms with Crippen LogP contribution in [0.5, 0.6) is 5.88 Å². The number of hydrogen-bond donors (Lipinski definition) is 2. The van der Waals surface area contributed by atoms with Crippen molar-refractivity contribution in [1.29, 1.82) is 5.41 Å². The maximum atomic E-state index is 10.0. The number of ether oxygens (including phenoxy) is 1. The third-order valence-corrected chi connectivity index (χ3v) is 6.37. The number of Topliss-reactive ketones (excluding diaryl/α,β-unsaturated/α-hetero) is 1. The number of nitrogens with one attached hydrogen (secondary N) is 2. The Kier molecular flexibility index (Phi) is 7.75. The van der Waals surface area contributed by atoms with Crippen LogP contribution in [-0.2, 0) is 18.4 Å². The zero-order chi connectivity index (χ0) is 23.3. The van der Waals surface area contributed by atoms with E-state index >= 15 is 0 Å². The minimum atomic E-state index is -0.732. The van der Waals surface area contributed by atoms with Gasteiger partial charge in [-0.2, -0.15) is 0 Å². The molecule has 0 bridgehead atoms. The molecule has 1 saturated carbocycles. The first-order valence-electron chi connectivity index (χ1n) is 11.9. The van der Waals surface area contributed by atoms with E-state index in [9.17, 15) is 4.79 Å². The number of hydrogen-bond acceptors (Lipinski definition) is 5. The van der Waals surface area contributed by atoms with E-state index in [1.54, 1.807) is 11.6 Å². The molecule has 1 aromatic carbocycles. The second kappa shape index (κ2) is 10.3. The number of aromatic nitrogens is 2. The van der Waals surface area contributed by atoms with Crippen LogP contribution in [0.2, 0.25) is 0 Å². The van der Waals surface area contributed by atoms with E-state index in [2.05, 4.69) is 34.7 Å². The van der Waals surface area contributed by atoms with Crippen LogP contribution in [0.1, 0.15) is 95.2 Å². The average Bonchev–Trinajstić information content (AvgIpc) is 2.93.